The van der Waals surface area contributed by atoms with Crippen molar-refractivity contribution in [3.8, 4) is 0 Å². The van der Waals surface area contributed by atoms with E-state index in [0.717, 1.165) is 5.56 Å². The zero-order valence-corrected chi connectivity index (χ0v) is 14.7. The minimum absolute atomic E-state index is 0.0452. The standard InChI is InChI=1S/C19H21N4O2/c1-19(2,3)14-6-4-12(5-7-14)18(25)23-9-8-13-10-21-17(16(20)24)22-15(13)11-23/h4-7H,8-9,11H2,1-3H3,(H2,20,24). The van der Waals surface area contributed by atoms with E-state index in [1.807, 2.05) is 24.3 Å². The number of primary amides is 1. The molecule has 0 unspecified atom stereocenters. The van der Waals surface area contributed by atoms with Crippen molar-refractivity contribution in [2.45, 2.75) is 39.2 Å². The van der Waals surface area contributed by atoms with E-state index in [9.17, 15) is 9.59 Å². The Balaban J connectivity index is 1.80. The van der Waals surface area contributed by atoms with Gasteiger partial charge in [0.25, 0.3) is 11.8 Å². The molecule has 2 heterocycles. The monoisotopic (exact) mass is 337 g/mol. The molecule has 1 radical (unpaired) electrons. The molecule has 1 aromatic carbocycles. The summed E-state index contributed by atoms with van der Waals surface area (Å²) in [7, 11) is 0. The summed E-state index contributed by atoms with van der Waals surface area (Å²) < 4.78 is 0. The normalized spacial score (nSPS) is 14.1. The van der Waals surface area contributed by atoms with Gasteiger partial charge in [-0.1, -0.05) is 32.9 Å². The molecule has 0 fully saturated rings. The van der Waals surface area contributed by atoms with Gasteiger partial charge in [-0.2, -0.15) is 0 Å². The highest BCUT2D eigenvalue weighted by atomic mass is 16.2. The minimum Gasteiger partial charge on any atom is -0.363 e. The number of carbonyl (C=O) groups is 2. The third kappa shape index (κ3) is 3.52. The molecule has 1 aliphatic heterocycles. The summed E-state index contributed by atoms with van der Waals surface area (Å²) in [4.78, 5) is 33.7. The quantitative estimate of drug-likeness (QED) is 0.906. The minimum atomic E-state index is -0.694. The van der Waals surface area contributed by atoms with E-state index >= 15 is 0 Å². The molecule has 0 spiro atoms. The SMILES string of the molecule is CC(C)(C)c1ccc(C(=O)N2CCc3[c]nc(C(N)=O)nc3C2)cc1. The highest BCUT2D eigenvalue weighted by molar-refractivity contribution is 5.94. The Hall–Kier alpha value is -2.76. The lowest BCUT2D eigenvalue weighted by Gasteiger charge is -2.28. The van der Waals surface area contributed by atoms with Crippen molar-refractivity contribution < 1.29 is 9.59 Å². The first-order valence-corrected chi connectivity index (χ1v) is 8.23. The fraction of sp³-hybridized carbons (Fsp3) is 0.368. The molecule has 25 heavy (non-hydrogen) atoms. The highest BCUT2D eigenvalue weighted by Gasteiger charge is 2.24. The van der Waals surface area contributed by atoms with Gasteiger partial charge in [-0.25, -0.2) is 9.97 Å². The van der Waals surface area contributed by atoms with E-state index in [-0.39, 0.29) is 17.1 Å². The fourth-order valence-electron chi connectivity index (χ4n) is 2.82. The van der Waals surface area contributed by atoms with E-state index in [4.69, 9.17) is 5.73 Å². The van der Waals surface area contributed by atoms with Crippen LogP contribution in [0.1, 0.15) is 58.6 Å². The van der Waals surface area contributed by atoms with Crippen LogP contribution in [0.3, 0.4) is 0 Å². The number of nitrogens with zero attached hydrogens (tertiary/aromatic N) is 3. The van der Waals surface area contributed by atoms with Crippen LogP contribution in [-0.4, -0.2) is 33.2 Å². The molecule has 0 atom stereocenters. The van der Waals surface area contributed by atoms with Gasteiger partial charge in [-0.3, -0.25) is 9.59 Å². The average molecular weight is 337 g/mol. The number of hydrogen-bond donors (Lipinski definition) is 1. The molecular weight excluding hydrogens is 316 g/mol. The van der Waals surface area contributed by atoms with Gasteiger partial charge in [0.2, 0.25) is 5.82 Å². The Morgan fingerprint density at radius 1 is 1.20 bits per heavy atom. The third-order valence-corrected chi connectivity index (χ3v) is 4.36. The highest BCUT2D eigenvalue weighted by Crippen LogP contribution is 2.23. The van der Waals surface area contributed by atoms with Gasteiger partial charge in [0.1, 0.15) is 0 Å². The maximum Gasteiger partial charge on any atom is 0.286 e. The molecule has 2 amide bonds. The number of benzene rings is 1. The van der Waals surface area contributed by atoms with Crippen LogP contribution in [0.4, 0.5) is 0 Å². The first kappa shape index (κ1) is 17.1. The predicted octanol–water partition coefficient (Wildman–Crippen LogP) is 1.87. The lowest BCUT2D eigenvalue weighted by Crippen LogP contribution is -2.37. The Morgan fingerprint density at radius 3 is 2.48 bits per heavy atom. The van der Waals surface area contributed by atoms with E-state index in [1.165, 1.54) is 5.56 Å². The van der Waals surface area contributed by atoms with Crippen molar-refractivity contribution in [3.63, 3.8) is 0 Å². The molecule has 129 valence electrons. The molecule has 3 rings (SSSR count). The number of carbonyl (C=O) groups excluding carboxylic acids is 2. The van der Waals surface area contributed by atoms with Crippen LogP contribution in [0.25, 0.3) is 0 Å². The van der Waals surface area contributed by atoms with E-state index in [2.05, 4.69) is 36.9 Å². The van der Waals surface area contributed by atoms with Gasteiger partial charge < -0.3 is 10.6 Å². The number of amides is 2. The summed E-state index contributed by atoms with van der Waals surface area (Å²) in [6.07, 6.45) is 3.42. The Kier molecular flexibility index (Phi) is 4.29. The molecule has 2 aromatic rings. The van der Waals surface area contributed by atoms with Gasteiger partial charge in [0, 0.05) is 17.7 Å². The number of fused-ring (bicyclic) bond motifs is 1. The topological polar surface area (TPSA) is 89.2 Å². The first-order valence-electron chi connectivity index (χ1n) is 8.23. The van der Waals surface area contributed by atoms with Crippen molar-refractivity contribution in [1.29, 1.82) is 0 Å². The van der Waals surface area contributed by atoms with Gasteiger partial charge in [-0.05, 0) is 29.5 Å². The molecule has 6 nitrogen and oxygen atoms in total. The van der Waals surface area contributed by atoms with Crippen LogP contribution in [-0.2, 0) is 18.4 Å². The van der Waals surface area contributed by atoms with Crippen LogP contribution in [0.5, 0.6) is 0 Å². The summed E-state index contributed by atoms with van der Waals surface area (Å²) in [5.41, 5.74) is 8.55. The van der Waals surface area contributed by atoms with E-state index in [1.54, 1.807) is 4.90 Å². The lowest BCUT2D eigenvalue weighted by atomic mass is 9.86. The predicted molar refractivity (Wildman–Crippen MR) is 93.0 cm³/mol. The van der Waals surface area contributed by atoms with Crippen molar-refractivity contribution >= 4 is 11.8 Å². The second-order valence-corrected chi connectivity index (χ2v) is 7.25. The van der Waals surface area contributed by atoms with Gasteiger partial charge >= 0.3 is 0 Å². The van der Waals surface area contributed by atoms with Crippen LogP contribution >= 0.6 is 0 Å². The van der Waals surface area contributed by atoms with E-state index in [0.29, 0.717) is 30.8 Å². The molecule has 1 aliphatic rings. The number of hydrogen-bond acceptors (Lipinski definition) is 4. The van der Waals surface area contributed by atoms with Gasteiger partial charge in [-0.15, -0.1) is 0 Å². The maximum atomic E-state index is 12.8. The third-order valence-electron chi connectivity index (χ3n) is 4.36. The van der Waals surface area contributed by atoms with Crippen molar-refractivity contribution in [3.05, 3.63) is 58.7 Å². The van der Waals surface area contributed by atoms with Crippen molar-refractivity contribution in [2.75, 3.05) is 6.54 Å². The molecule has 0 aliphatic carbocycles. The Labute approximate surface area is 147 Å². The number of nitrogens with two attached hydrogens (primary N) is 1. The van der Waals surface area contributed by atoms with Crippen LogP contribution in [0, 0.1) is 6.20 Å². The summed E-state index contributed by atoms with van der Waals surface area (Å²) >= 11 is 0. The zero-order chi connectivity index (χ0) is 18.2. The fourth-order valence-corrected chi connectivity index (χ4v) is 2.82. The number of aromatic nitrogens is 2. The molecule has 1 aromatic heterocycles. The van der Waals surface area contributed by atoms with Gasteiger partial charge in [0.15, 0.2) is 0 Å². The molecule has 0 bridgehead atoms. The molecule has 0 saturated heterocycles. The smallest absolute Gasteiger partial charge is 0.286 e. The second kappa shape index (κ2) is 6.27. The van der Waals surface area contributed by atoms with Crippen LogP contribution in [0.15, 0.2) is 24.3 Å². The molecule has 6 heteroatoms. The van der Waals surface area contributed by atoms with Crippen molar-refractivity contribution in [1.82, 2.24) is 14.9 Å². The summed E-state index contributed by atoms with van der Waals surface area (Å²) in [6, 6.07) is 7.71. The number of rotatable bonds is 2. The lowest BCUT2D eigenvalue weighted by molar-refractivity contribution is 0.0731. The zero-order valence-electron chi connectivity index (χ0n) is 14.7. The molecular formula is C19H21N4O2. The molecule has 0 saturated carbocycles. The van der Waals surface area contributed by atoms with E-state index < -0.39 is 5.91 Å². The summed E-state index contributed by atoms with van der Waals surface area (Å²) in [5.74, 6) is -0.812. The van der Waals surface area contributed by atoms with Crippen LogP contribution < -0.4 is 5.73 Å². The largest absolute Gasteiger partial charge is 0.363 e. The maximum absolute atomic E-state index is 12.8. The average Bonchev–Trinajstić information content (AvgIpc) is 2.59. The summed E-state index contributed by atoms with van der Waals surface area (Å²) in [5, 5.41) is 0. The van der Waals surface area contributed by atoms with Crippen molar-refractivity contribution in [2.24, 2.45) is 5.73 Å². The first-order chi connectivity index (χ1) is 11.8. The van der Waals surface area contributed by atoms with Crippen LogP contribution in [0.2, 0.25) is 0 Å². The Morgan fingerprint density at radius 2 is 1.88 bits per heavy atom. The van der Waals surface area contributed by atoms with Gasteiger partial charge in [0.05, 0.1) is 18.4 Å². The summed E-state index contributed by atoms with van der Waals surface area (Å²) in [6.45, 7) is 7.31. The Bertz CT molecular complexity index is 822. The second-order valence-electron chi connectivity index (χ2n) is 7.25. The molecule has 2 N–H and O–H groups in total.